The molecule has 2 unspecified atom stereocenters. The van der Waals surface area contributed by atoms with Gasteiger partial charge in [-0.25, -0.2) is 4.79 Å². The summed E-state index contributed by atoms with van der Waals surface area (Å²) in [4.78, 5) is 22.8. The number of hydrogen-bond donors (Lipinski definition) is 2. The third-order valence-electron chi connectivity index (χ3n) is 2.99. The zero-order valence-electron chi connectivity index (χ0n) is 11.2. The summed E-state index contributed by atoms with van der Waals surface area (Å²) >= 11 is 1.63. The molecule has 1 saturated heterocycles. The van der Waals surface area contributed by atoms with Crippen LogP contribution < -0.4 is 5.32 Å². The van der Waals surface area contributed by atoms with Crippen molar-refractivity contribution in [1.82, 2.24) is 0 Å². The summed E-state index contributed by atoms with van der Waals surface area (Å²) in [6.45, 7) is 1.47. The molecule has 0 bridgehead atoms. The summed E-state index contributed by atoms with van der Waals surface area (Å²) in [7, 11) is 0. The van der Waals surface area contributed by atoms with Crippen LogP contribution in [0.3, 0.4) is 0 Å². The van der Waals surface area contributed by atoms with Crippen LogP contribution in [0.25, 0.3) is 0 Å². The van der Waals surface area contributed by atoms with Gasteiger partial charge >= 0.3 is 5.97 Å². The maximum Gasteiger partial charge on any atom is 0.332 e. The second-order valence-corrected chi connectivity index (χ2v) is 5.77. The highest BCUT2D eigenvalue weighted by Crippen LogP contribution is 2.27. The molecule has 0 spiro atoms. The van der Waals surface area contributed by atoms with Crippen LogP contribution in [0.4, 0.5) is 5.69 Å². The van der Waals surface area contributed by atoms with Crippen molar-refractivity contribution in [3.63, 3.8) is 0 Å². The molecule has 1 heterocycles. The number of rotatable bonds is 5. The molecule has 1 amide bonds. The number of anilines is 1. The standard InChI is InChI=1S/C14H17NO4S/c1-9(16)15-10-2-5-12(6-3-10)20-8-11-4-7-13(19-11)14(17)18/h2-3,5-6,11,13H,4,7-8H2,1H3,(H,15,16)(H,17,18). The van der Waals surface area contributed by atoms with Gasteiger partial charge in [0.1, 0.15) is 0 Å². The number of aliphatic carboxylic acids is 1. The maximum absolute atomic E-state index is 10.9. The predicted octanol–water partition coefficient (Wildman–Crippen LogP) is 2.37. The molecular weight excluding hydrogens is 278 g/mol. The number of benzene rings is 1. The van der Waals surface area contributed by atoms with E-state index in [-0.39, 0.29) is 12.0 Å². The van der Waals surface area contributed by atoms with E-state index >= 15 is 0 Å². The van der Waals surface area contributed by atoms with E-state index in [9.17, 15) is 9.59 Å². The van der Waals surface area contributed by atoms with Gasteiger partial charge in [-0.15, -0.1) is 11.8 Å². The monoisotopic (exact) mass is 295 g/mol. The van der Waals surface area contributed by atoms with Crippen molar-refractivity contribution in [3.8, 4) is 0 Å². The minimum atomic E-state index is -0.878. The number of hydrogen-bond acceptors (Lipinski definition) is 4. The molecule has 2 rings (SSSR count). The Kier molecular flexibility index (Phi) is 5.03. The summed E-state index contributed by atoms with van der Waals surface area (Å²) in [5, 5.41) is 11.6. The van der Waals surface area contributed by atoms with E-state index in [2.05, 4.69) is 5.32 Å². The topological polar surface area (TPSA) is 75.6 Å². The molecular formula is C14H17NO4S. The minimum Gasteiger partial charge on any atom is -0.479 e. The summed E-state index contributed by atoms with van der Waals surface area (Å²) in [6.07, 6.45) is 0.717. The molecule has 1 aromatic carbocycles. The first-order valence-corrected chi connectivity index (χ1v) is 7.42. The molecule has 20 heavy (non-hydrogen) atoms. The van der Waals surface area contributed by atoms with Crippen molar-refractivity contribution in [2.75, 3.05) is 11.1 Å². The van der Waals surface area contributed by atoms with Gasteiger partial charge in [0, 0.05) is 23.3 Å². The van der Waals surface area contributed by atoms with Crippen molar-refractivity contribution in [3.05, 3.63) is 24.3 Å². The molecule has 5 nitrogen and oxygen atoms in total. The molecule has 2 atom stereocenters. The summed E-state index contributed by atoms with van der Waals surface area (Å²) in [6, 6.07) is 7.55. The minimum absolute atomic E-state index is 0.00359. The number of nitrogens with one attached hydrogen (secondary N) is 1. The Morgan fingerprint density at radius 2 is 2.05 bits per heavy atom. The van der Waals surface area contributed by atoms with Crippen molar-refractivity contribution in [1.29, 1.82) is 0 Å². The average Bonchev–Trinajstić information content (AvgIpc) is 2.86. The van der Waals surface area contributed by atoms with E-state index in [1.54, 1.807) is 11.8 Å². The van der Waals surface area contributed by atoms with Gasteiger partial charge in [0.2, 0.25) is 5.91 Å². The number of carboxylic acids is 1. The van der Waals surface area contributed by atoms with Gasteiger partial charge in [0.15, 0.2) is 6.10 Å². The van der Waals surface area contributed by atoms with Crippen LogP contribution in [-0.4, -0.2) is 34.9 Å². The van der Waals surface area contributed by atoms with E-state index in [0.717, 1.165) is 22.8 Å². The van der Waals surface area contributed by atoms with Crippen LogP contribution in [0.5, 0.6) is 0 Å². The summed E-state index contributed by atoms with van der Waals surface area (Å²) in [5.74, 6) is -0.231. The van der Waals surface area contributed by atoms with Gasteiger partial charge in [-0.2, -0.15) is 0 Å². The molecule has 1 aromatic rings. The third-order valence-corrected chi connectivity index (χ3v) is 4.14. The van der Waals surface area contributed by atoms with Gasteiger partial charge in [0.05, 0.1) is 6.10 Å². The lowest BCUT2D eigenvalue weighted by Crippen LogP contribution is -2.21. The number of ether oxygens (including phenoxy) is 1. The third kappa shape index (κ3) is 4.25. The van der Waals surface area contributed by atoms with Crippen LogP contribution in [0.1, 0.15) is 19.8 Å². The molecule has 6 heteroatoms. The van der Waals surface area contributed by atoms with E-state index < -0.39 is 12.1 Å². The molecule has 1 aliphatic heterocycles. The van der Waals surface area contributed by atoms with Gasteiger partial charge < -0.3 is 15.2 Å². The number of carbonyl (C=O) groups is 2. The summed E-state index contributed by atoms with van der Waals surface area (Å²) < 4.78 is 5.44. The fourth-order valence-corrected chi connectivity index (χ4v) is 2.99. The molecule has 0 aliphatic carbocycles. The van der Waals surface area contributed by atoms with Crippen LogP contribution in [0.15, 0.2) is 29.2 Å². The average molecular weight is 295 g/mol. The quantitative estimate of drug-likeness (QED) is 0.816. The molecule has 108 valence electrons. The van der Waals surface area contributed by atoms with E-state index in [1.165, 1.54) is 6.92 Å². The number of thioether (sulfide) groups is 1. The van der Waals surface area contributed by atoms with Crippen LogP contribution in [0, 0.1) is 0 Å². The van der Waals surface area contributed by atoms with E-state index in [1.807, 2.05) is 24.3 Å². The van der Waals surface area contributed by atoms with E-state index in [0.29, 0.717) is 6.42 Å². The lowest BCUT2D eigenvalue weighted by molar-refractivity contribution is -0.148. The van der Waals surface area contributed by atoms with Crippen LogP contribution >= 0.6 is 11.8 Å². The Hall–Kier alpha value is -1.53. The molecule has 0 saturated carbocycles. The highest BCUT2D eigenvalue weighted by molar-refractivity contribution is 7.99. The first-order chi connectivity index (χ1) is 9.54. The lowest BCUT2D eigenvalue weighted by Gasteiger charge is -2.11. The van der Waals surface area contributed by atoms with Gasteiger partial charge in [-0.05, 0) is 37.1 Å². The van der Waals surface area contributed by atoms with E-state index in [4.69, 9.17) is 9.84 Å². The second kappa shape index (κ2) is 6.76. The van der Waals surface area contributed by atoms with Gasteiger partial charge in [-0.3, -0.25) is 4.79 Å². The molecule has 0 aromatic heterocycles. The van der Waals surface area contributed by atoms with Crippen LogP contribution in [-0.2, 0) is 14.3 Å². The zero-order valence-corrected chi connectivity index (χ0v) is 12.0. The largest absolute Gasteiger partial charge is 0.479 e. The predicted molar refractivity (Wildman–Crippen MR) is 77.0 cm³/mol. The van der Waals surface area contributed by atoms with Gasteiger partial charge in [-0.1, -0.05) is 0 Å². The Morgan fingerprint density at radius 1 is 1.35 bits per heavy atom. The fourth-order valence-electron chi connectivity index (χ4n) is 2.04. The lowest BCUT2D eigenvalue weighted by atomic mass is 10.2. The van der Waals surface area contributed by atoms with Crippen molar-refractivity contribution >= 4 is 29.3 Å². The normalized spacial score (nSPS) is 21.6. The molecule has 1 fully saturated rings. The number of carboxylic acid groups (broad SMARTS) is 1. The van der Waals surface area contributed by atoms with Gasteiger partial charge in [0.25, 0.3) is 0 Å². The Balaban J connectivity index is 1.80. The SMILES string of the molecule is CC(=O)Nc1ccc(SCC2CCC(C(=O)O)O2)cc1. The highest BCUT2D eigenvalue weighted by Gasteiger charge is 2.30. The Bertz CT molecular complexity index is 488. The van der Waals surface area contributed by atoms with Crippen molar-refractivity contribution < 1.29 is 19.4 Å². The van der Waals surface area contributed by atoms with Crippen molar-refractivity contribution in [2.45, 2.75) is 36.9 Å². The second-order valence-electron chi connectivity index (χ2n) is 4.68. The molecule has 2 N–H and O–H groups in total. The first kappa shape index (κ1) is 14.9. The smallest absolute Gasteiger partial charge is 0.332 e. The zero-order chi connectivity index (χ0) is 14.5. The maximum atomic E-state index is 10.9. The number of amides is 1. The Labute approximate surface area is 121 Å². The fraction of sp³-hybridized carbons (Fsp3) is 0.429. The first-order valence-electron chi connectivity index (χ1n) is 6.43. The number of carbonyl (C=O) groups excluding carboxylic acids is 1. The van der Waals surface area contributed by atoms with Crippen LogP contribution in [0.2, 0.25) is 0 Å². The Morgan fingerprint density at radius 3 is 2.60 bits per heavy atom. The molecule has 0 radical (unpaired) electrons. The molecule has 1 aliphatic rings. The summed E-state index contributed by atoms with van der Waals surface area (Å²) in [5.41, 5.74) is 0.768. The highest BCUT2D eigenvalue weighted by atomic mass is 32.2. The van der Waals surface area contributed by atoms with Crippen molar-refractivity contribution in [2.24, 2.45) is 0 Å².